The molecule has 1 aliphatic carbocycles. The molecule has 13 heteroatoms. The van der Waals surface area contributed by atoms with E-state index in [0.717, 1.165) is 54.4 Å². The summed E-state index contributed by atoms with van der Waals surface area (Å²) in [4.78, 5) is 32.3. The zero-order chi connectivity index (χ0) is 32.3. The first-order chi connectivity index (χ1) is 22.2. The maximum atomic E-state index is 14.2. The minimum absolute atomic E-state index is 0.0794. The lowest BCUT2D eigenvalue weighted by molar-refractivity contribution is -0.137. The molecule has 3 aromatic heterocycles. The number of nitrogens with zero attached hydrogens (tertiary/aromatic N) is 6. The van der Waals surface area contributed by atoms with Gasteiger partial charge in [0.25, 0.3) is 5.56 Å². The second kappa shape index (κ2) is 13.6. The largest absolute Gasteiger partial charge is 0.418 e. The molecule has 0 atom stereocenters. The zero-order valence-corrected chi connectivity index (χ0v) is 26.6. The quantitative estimate of drug-likeness (QED) is 0.257. The first kappa shape index (κ1) is 31.7. The van der Waals surface area contributed by atoms with Crippen LogP contribution in [-0.2, 0) is 19.1 Å². The van der Waals surface area contributed by atoms with Gasteiger partial charge in [0.15, 0.2) is 0 Å². The van der Waals surface area contributed by atoms with E-state index in [1.165, 1.54) is 17.4 Å². The minimum Gasteiger partial charge on any atom is -0.368 e. The third kappa shape index (κ3) is 7.25. The van der Waals surface area contributed by atoms with Gasteiger partial charge in [0.05, 0.1) is 28.9 Å². The van der Waals surface area contributed by atoms with Crippen molar-refractivity contribution >= 4 is 39.7 Å². The average molecular weight is 649 g/mol. The van der Waals surface area contributed by atoms with Crippen molar-refractivity contribution in [1.29, 1.82) is 0 Å². The number of anilines is 3. The van der Waals surface area contributed by atoms with Gasteiger partial charge >= 0.3 is 6.18 Å². The van der Waals surface area contributed by atoms with Gasteiger partial charge in [-0.2, -0.15) is 18.2 Å². The molecule has 0 unspecified atom stereocenters. The lowest BCUT2D eigenvalue weighted by atomic mass is 10.1. The van der Waals surface area contributed by atoms with Crippen molar-refractivity contribution in [2.24, 2.45) is 0 Å². The predicted octanol–water partition coefficient (Wildman–Crippen LogP) is 5.03. The summed E-state index contributed by atoms with van der Waals surface area (Å²) in [5, 5.41) is 6.71. The lowest BCUT2D eigenvalue weighted by Gasteiger charge is -2.31. The molecule has 240 valence electrons. The molecule has 4 heterocycles. The summed E-state index contributed by atoms with van der Waals surface area (Å²) in [6, 6.07) is 5.85. The SMILES string of the molecule is CN(C)CCc1ncsc1Cn1c(=O)c(C#CC2=CCCC2)cc2cnc(Nc3ccc(N4CCNCC4)c(C(F)(F)F)c3)nc21. The second-order valence-electron chi connectivity index (χ2n) is 11.7. The van der Waals surface area contributed by atoms with E-state index < -0.39 is 11.7 Å². The Balaban J connectivity index is 1.38. The Morgan fingerprint density at radius 3 is 2.70 bits per heavy atom. The van der Waals surface area contributed by atoms with Crippen LogP contribution in [0.5, 0.6) is 0 Å². The van der Waals surface area contributed by atoms with E-state index >= 15 is 0 Å². The minimum atomic E-state index is -4.55. The van der Waals surface area contributed by atoms with Crippen molar-refractivity contribution in [3.8, 4) is 11.8 Å². The predicted molar refractivity (Wildman–Crippen MR) is 176 cm³/mol. The Morgan fingerprint density at radius 2 is 1.96 bits per heavy atom. The highest BCUT2D eigenvalue weighted by molar-refractivity contribution is 7.09. The van der Waals surface area contributed by atoms with Gasteiger partial charge in [-0.05, 0) is 63.2 Å². The number of halogens is 3. The van der Waals surface area contributed by atoms with E-state index in [2.05, 4.69) is 48.4 Å². The third-order valence-corrected chi connectivity index (χ3v) is 8.92. The number of benzene rings is 1. The van der Waals surface area contributed by atoms with E-state index in [1.54, 1.807) is 33.3 Å². The molecule has 6 rings (SSSR count). The zero-order valence-electron chi connectivity index (χ0n) is 25.7. The molecule has 0 radical (unpaired) electrons. The molecule has 0 amide bonds. The number of aromatic nitrogens is 4. The van der Waals surface area contributed by atoms with Crippen LogP contribution in [0.4, 0.5) is 30.5 Å². The smallest absolute Gasteiger partial charge is 0.368 e. The monoisotopic (exact) mass is 648 g/mol. The summed E-state index contributed by atoms with van der Waals surface area (Å²) >= 11 is 1.47. The van der Waals surface area contributed by atoms with Gasteiger partial charge in [0, 0.05) is 67.0 Å². The van der Waals surface area contributed by atoms with Crippen molar-refractivity contribution in [1.82, 2.24) is 29.7 Å². The topological polar surface area (TPSA) is 91.2 Å². The van der Waals surface area contributed by atoms with Crippen molar-refractivity contribution in [2.45, 2.75) is 38.4 Å². The molecular weight excluding hydrogens is 613 g/mol. The van der Waals surface area contributed by atoms with E-state index in [-0.39, 0.29) is 29.4 Å². The number of hydrogen-bond acceptors (Lipinski definition) is 9. The van der Waals surface area contributed by atoms with Crippen molar-refractivity contribution in [3.63, 3.8) is 0 Å². The van der Waals surface area contributed by atoms with Gasteiger partial charge in [-0.1, -0.05) is 17.9 Å². The number of thiazole rings is 1. The highest BCUT2D eigenvalue weighted by Crippen LogP contribution is 2.39. The molecule has 1 aliphatic heterocycles. The Labute approximate surface area is 269 Å². The van der Waals surface area contributed by atoms with Crippen LogP contribution in [0.1, 0.15) is 41.0 Å². The molecule has 46 heavy (non-hydrogen) atoms. The fourth-order valence-electron chi connectivity index (χ4n) is 5.64. The van der Waals surface area contributed by atoms with Gasteiger partial charge < -0.3 is 20.4 Å². The summed E-state index contributed by atoms with van der Waals surface area (Å²) in [6.07, 6.45) is 2.78. The van der Waals surface area contributed by atoms with E-state index in [0.29, 0.717) is 42.8 Å². The van der Waals surface area contributed by atoms with Crippen molar-refractivity contribution < 1.29 is 13.2 Å². The van der Waals surface area contributed by atoms with Crippen LogP contribution in [0.2, 0.25) is 0 Å². The number of hydrogen-bond donors (Lipinski definition) is 2. The molecule has 9 nitrogen and oxygen atoms in total. The summed E-state index contributed by atoms with van der Waals surface area (Å²) in [5.41, 5.74) is 3.71. The summed E-state index contributed by atoms with van der Waals surface area (Å²) < 4.78 is 44.1. The molecule has 0 saturated carbocycles. The number of alkyl halides is 3. The molecule has 4 aromatic rings. The fourth-order valence-corrected chi connectivity index (χ4v) is 6.44. The van der Waals surface area contributed by atoms with Crippen LogP contribution in [0.15, 0.2) is 52.4 Å². The van der Waals surface area contributed by atoms with Crippen LogP contribution < -0.4 is 21.1 Å². The Morgan fingerprint density at radius 1 is 1.13 bits per heavy atom. The molecule has 2 N–H and O–H groups in total. The summed E-state index contributed by atoms with van der Waals surface area (Å²) in [5.74, 6) is 6.31. The third-order valence-electron chi connectivity index (χ3n) is 8.06. The molecule has 1 fully saturated rings. The Bertz CT molecular complexity index is 1880. The molecular formula is C33H35F3N8OS. The van der Waals surface area contributed by atoms with E-state index in [4.69, 9.17) is 0 Å². The van der Waals surface area contributed by atoms with E-state index in [1.807, 2.05) is 14.1 Å². The normalized spacial score (nSPS) is 15.3. The first-order valence-corrected chi connectivity index (χ1v) is 16.2. The average Bonchev–Trinajstić information content (AvgIpc) is 3.73. The maximum absolute atomic E-state index is 14.2. The van der Waals surface area contributed by atoms with Gasteiger partial charge in [-0.25, -0.2) is 9.97 Å². The number of nitrogens with one attached hydrogen (secondary N) is 2. The Hall–Kier alpha value is -4.25. The fraction of sp³-hybridized carbons (Fsp3) is 0.394. The lowest BCUT2D eigenvalue weighted by Crippen LogP contribution is -2.44. The number of likely N-dealkylation sites (N-methyl/N-ethyl adjacent to an activating group) is 1. The number of rotatable bonds is 8. The van der Waals surface area contributed by atoms with E-state index in [9.17, 15) is 18.0 Å². The summed E-state index contributed by atoms with van der Waals surface area (Å²) in [7, 11) is 3.99. The number of allylic oxidation sites excluding steroid dienone is 2. The highest BCUT2D eigenvalue weighted by atomic mass is 32.1. The number of piperazine rings is 1. The van der Waals surface area contributed by atoms with Crippen LogP contribution in [0.25, 0.3) is 11.0 Å². The standard InChI is InChI=1S/C33H35F3N8OS/c1-42(2)14-11-27-29(46-21-39-27)20-44-30-24(17-23(31(44)45)8-7-22-5-3-4-6-22)19-38-32(41-30)40-25-9-10-28(26(18-25)33(34,35)36)43-15-12-37-13-16-43/h5,9-10,17-19,21,37H,3-4,6,11-16,20H2,1-2H3,(H,38,40,41). The molecule has 1 saturated heterocycles. The highest BCUT2D eigenvalue weighted by Gasteiger charge is 2.35. The Kier molecular flexibility index (Phi) is 9.39. The van der Waals surface area contributed by atoms with Crippen LogP contribution in [-0.4, -0.2) is 71.2 Å². The van der Waals surface area contributed by atoms with Gasteiger partial charge in [-0.3, -0.25) is 9.36 Å². The van der Waals surface area contributed by atoms with Crippen LogP contribution in [0, 0.1) is 11.8 Å². The van der Waals surface area contributed by atoms with Crippen LogP contribution in [0.3, 0.4) is 0 Å². The molecule has 0 bridgehead atoms. The second-order valence-corrected chi connectivity index (χ2v) is 12.6. The first-order valence-electron chi connectivity index (χ1n) is 15.3. The number of pyridine rings is 1. The van der Waals surface area contributed by atoms with Gasteiger partial charge in [-0.15, -0.1) is 11.3 Å². The van der Waals surface area contributed by atoms with Crippen molar-refractivity contribution in [3.05, 3.63) is 79.7 Å². The van der Waals surface area contributed by atoms with Gasteiger partial charge in [0.1, 0.15) is 5.65 Å². The maximum Gasteiger partial charge on any atom is 0.418 e. The molecule has 0 spiro atoms. The molecule has 1 aromatic carbocycles. The molecule has 2 aliphatic rings. The number of fused-ring (bicyclic) bond motifs is 1. The van der Waals surface area contributed by atoms with Crippen LogP contribution >= 0.6 is 11.3 Å². The summed E-state index contributed by atoms with van der Waals surface area (Å²) in [6.45, 7) is 3.25. The van der Waals surface area contributed by atoms with Gasteiger partial charge in [0.2, 0.25) is 5.95 Å². The van der Waals surface area contributed by atoms with Crippen molar-refractivity contribution in [2.75, 3.05) is 57.0 Å².